The van der Waals surface area contributed by atoms with Crippen molar-refractivity contribution in [2.24, 2.45) is 0 Å². The second kappa shape index (κ2) is 5.69. The second-order valence-electron chi connectivity index (χ2n) is 4.46. The van der Waals surface area contributed by atoms with Gasteiger partial charge in [0, 0.05) is 24.0 Å². The first-order chi connectivity index (χ1) is 8.63. The number of rotatable bonds is 2. The van der Waals surface area contributed by atoms with E-state index in [4.69, 9.17) is 0 Å². The summed E-state index contributed by atoms with van der Waals surface area (Å²) in [4.78, 5) is 14.1. The van der Waals surface area contributed by atoms with E-state index in [9.17, 15) is 14.3 Å². The van der Waals surface area contributed by atoms with Crippen molar-refractivity contribution in [2.75, 3.05) is 11.9 Å². The van der Waals surface area contributed by atoms with Crippen molar-refractivity contribution in [3.05, 3.63) is 29.6 Å². The van der Waals surface area contributed by atoms with Crippen molar-refractivity contribution in [3.8, 4) is 5.75 Å². The van der Waals surface area contributed by atoms with Crippen LogP contribution in [-0.2, 0) is 0 Å². The Morgan fingerprint density at radius 1 is 1.50 bits per heavy atom. The van der Waals surface area contributed by atoms with Crippen LogP contribution in [0.15, 0.2) is 18.2 Å². The fourth-order valence-corrected chi connectivity index (χ4v) is 2.94. The quantitative estimate of drug-likeness (QED) is 0.852. The molecule has 0 spiro atoms. The molecule has 0 radical (unpaired) electrons. The maximum absolute atomic E-state index is 12.9. The molecule has 1 heterocycles. The van der Waals surface area contributed by atoms with Crippen LogP contribution in [0, 0.1) is 5.82 Å². The summed E-state index contributed by atoms with van der Waals surface area (Å²) in [5, 5.41) is 10.4. The molecule has 1 amide bonds. The SMILES string of the molecule is O=C(c1ccc(F)cc1O)N1CCCCC1CBr. The molecule has 0 saturated carbocycles. The number of carbonyl (C=O) groups excluding carboxylic acids is 1. The van der Waals surface area contributed by atoms with Crippen molar-refractivity contribution in [3.63, 3.8) is 0 Å². The van der Waals surface area contributed by atoms with Crippen molar-refractivity contribution in [1.29, 1.82) is 0 Å². The van der Waals surface area contributed by atoms with E-state index in [-0.39, 0.29) is 23.3 Å². The number of likely N-dealkylation sites (tertiary alicyclic amines) is 1. The highest BCUT2D eigenvalue weighted by Crippen LogP contribution is 2.25. The normalized spacial score (nSPS) is 19.9. The molecular formula is C13H15BrFNO2. The van der Waals surface area contributed by atoms with Crippen molar-refractivity contribution < 1.29 is 14.3 Å². The third-order valence-corrected chi connectivity index (χ3v) is 4.00. The monoisotopic (exact) mass is 315 g/mol. The number of hydrogen-bond acceptors (Lipinski definition) is 2. The van der Waals surface area contributed by atoms with Crippen LogP contribution in [0.4, 0.5) is 4.39 Å². The highest BCUT2D eigenvalue weighted by molar-refractivity contribution is 9.09. The zero-order chi connectivity index (χ0) is 13.1. The van der Waals surface area contributed by atoms with Gasteiger partial charge in [0.25, 0.3) is 5.91 Å². The average molecular weight is 316 g/mol. The van der Waals surface area contributed by atoms with Crippen LogP contribution < -0.4 is 0 Å². The largest absolute Gasteiger partial charge is 0.507 e. The van der Waals surface area contributed by atoms with Crippen LogP contribution in [0.3, 0.4) is 0 Å². The number of carbonyl (C=O) groups is 1. The van der Waals surface area contributed by atoms with Crippen LogP contribution >= 0.6 is 15.9 Å². The molecule has 1 aliphatic rings. The Labute approximate surface area is 114 Å². The molecule has 1 aromatic rings. The summed E-state index contributed by atoms with van der Waals surface area (Å²) < 4.78 is 12.9. The van der Waals surface area contributed by atoms with Gasteiger partial charge in [0.05, 0.1) is 5.56 Å². The highest BCUT2D eigenvalue weighted by atomic mass is 79.9. The Kier molecular flexibility index (Phi) is 4.22. The minimum absolute atomic E-state index is 0.149. The summed E-state index contributed by atoms with van der Waals surface area (Å²) in [5.41, 5.74) is 0.171. The first-order valence-corrected chi connectivity index (χ1v) is 7.11. The maximum atomic E-state index is 12.9. The predicted octanol–water partition coefficient (Wildman–Crippen LogP) is 2.92. The first-order valence-electron chi connectivity index (χ1n) is 5.99. The van der Waals surface area contributed by atoms with Gasteiger partial charge in [0.2, 0.25) is 0 Å². The van der Waals surface area contributed by atoms with Gasteiger partial charge in [0.1, 0.15) is 11.6 Å². The molecule has 2 rings (SSSR count). The molecule has 1 aromatic carbocycles. The van der Waals surface area contributed by atoms with Crippen molar-refractivity contribution in [2.45, 2.75) is 25.3 Å². The van der Waals surface area contributed by atoms with Gasteiger partial charge >= 0.3 is 0 Å². The van der Waals surface area contributed by atoms with Gasteiger partial charge in [-0.3, -0.25) is 4.79 Å². The molecule has 98 valence electrons. The number of alkyl halides is 1. The van der Waals surface area contributed by atoms with Crippen molar-refractivity contribution in [1.82, 2.24) is 4.90 Å². The number of phenols is 1. The lowest BCUT2D eigenvalue weighted by Gasteiger charge is -2.34. The fourth-order valence-electron chi connectivity index (χ4n) is 2.27. The summed E-state index contributed by atoms with van der Waals surface area (Å²) in [6.07, 6.45) is 3.03. The molecule has 3 nitrogen and oxygen atoms in total. The Morgan fingerprint density at radius 2 is 2.28 bits per heavy atom. The van der Waals surface area contributed by atoms with Crippen LogP contribution in [0.25, 0.3) is 0 Å². The van der Waals surface area contributed by atoms with Crippen LogP contribution in [-0.4, -0.2) is 33.8 Å². The number of piperidine rings is 1. The van der Waals surface area contributed by atoms with Gasteiger partial charge in [-0.25, -0.2) is 4.39 Å². The predicted molar refractivity (Wildman–Crippen MR) is 70.5 cm³/mol. The summed E-state index contributed by atoms with van der Waals surface area (Å²) in [6.45, 7) is 0.686. The summed E-state index contributed by atoms with van der Waals surface area (Å²) >= 11 is 3.41. The number of benzene rings is 1. The minimum Gasteiger partial charge on any atom is -0.507 e. The van der Waals surface area contributed by atoms with E-state index < -0.39 is 5.82 Å². The van der Waals surface area contributed by atoms with E-state index in [2.05, 4.69) is 15.9 Å². The number of nitrogens with zero attached hydrogens (tertiary/aromatic N) is 1. The van der Waals surface area contributed by atoms with Crippen LogP contribution in [0.2, 0.25) is 0 Å². The lowest BCUT2D eigenvalue weighted by molar-refractivity contribution is 0.0639. The van der Waals surface area contributed by atoms with Gasteiger partial charge in [-0.05, 0) is 31.4 Å². The van der Waals surface area contributed by atoms with Gasteiger partial charge in [-0.15, -0.1) is 0 Å². The van der Waals surface area contributed by atoms with Crippen LogP contribution in [0.1, 0.15) is 29.6 Å². The lowest BCUT2D eigenvalue weighted by Crippen LogP contribution is -2.44. The topological polar surface area (TPSA) is 40.5 Å². The van der Waals surface area contributed by atoms with E-state index in [0.717, 1.165) is 30.7 Å². The Hall–Kier alpha value is -1.10. The fraction of sp³-hybridized carbons (Fsp3) is 0.462. The first kappa shape index (κ1) is 13.3. The Bertz CT molecular complexity index is 453. The van der Waals surface area contributed by atoms with E-state index in [1.807, 2.05) is 0 Å². The van der Waals surface area contributed by atoms with Crippen LogP contribution in [0.5, 0.6) is 5.75 Å². The second-order valence-corrected chi connectivity index (χ2v) is 5.11. The Morgan fingerprint density at radius 3 is 2.94 bits per heavy atom. The third-order valence-electron chi connectivity index (χ3n) is 3.26. The molecule has 18 heavy (non-hydrogen) atoms. The summed E-state index contributed by atoms with van der Waals surface area (Å²) in [5.74, 6) is -1.06. The van der Waals surface area contributed by atoms with Crippen molar-refractivity contribution >= 4 is 21.8 Å². The molecule has 1 unspecified atom stereocenters. The zero-order valence-corrected chi connectivity index (χ0v) is 11.5. The molecule has 1 N–H and O–H groups in total. The smallest absolute Gasteiger partial charge is 0.257 e. The number of hydrogen-bond donors (Lipinski definition) is 1. The average Bonchev–Trinajstić information content (AvgIpc) is 2.38. The molecule has 0 aromatic heterocycles. The van der Waals surface area contributed by atoms with E-state index in [0.29, 0.717) is 6.54 Å². The molecular weight excluding hydrogens is 301 g/mol. The van der Waals surface area contributed by atoms with Gasteiger partial charge in [0.15, 0.2) is 0 Å². The molecule has 0 bridgehead atoms. The number of phenolic OH excluding ortho intramolecular Hbond substituents is 1. The molecule has 1 saturated heterocycles. The number of aromatic hydroxyl groups is 1. The molecule has 1 aliphatic heterocycles. The van der Waals surface area contributed by atoms with Gasteiger partial charge in [-0.1, -0.05) is 15.9 Å². The number of halogens is 2. The molecule has 1 atom stereocenters. The zero-order valence-electron chi connectivity index (χ0n) is 9.90. The van der Waals surface area contributed by atoms with E-state index >= 15 is 0 Å². The molecule has 0 aliphatic carbocycles. The maximum Gasteiger partial charge on any atom is 0.257 e. The standard InChI is InChI=1S/C13H15BrFNO2/c14-8-10-3-1-2-6-16(10)13(18)11-5-4-9(15)7-12(11)17/h4-5,7,10,17H,1-3,6,8H2. The number of amides is 1. The minimum atomic E-state index is -0.542. The third kappa shape index (κ3) is 2.66. The van der Waals surface area contributed by atoms with Gasteiger partial charge in [-0.2, -0.15) is 0 Å². The Balaban J connectivity index is 2.24. The summed E-state index contributed by atoms with van der Waals surface area (Å²) in [7, 11) is 0. The van der Waals surface area contributed by atoms with E-state index in [1.54, 1.807) is 4.90 Å². The summed E-state index contributed by atoms with van der Waals surface area (Å²) in [6, 6.07) is 3.66. The van der Waals surface area contributed by atoms with Gasteiger partial charge < -0.3 is 10.0 Å². The highest BCUT2D eigenvalue weighted by Gasteiger charge is 2.28. The molecule has 1 fully saturated rings. The molecule has 5 heteroatoms. The lowest BCUT2D eigenvalue weighted by atomic mass is 10.0. The van der Waals surface area contributed by atoms with E-state index in [1.165, 1.54) is 12.1 Å².